The minimum absolute atomic E-state index is 0.297. The lowest BCUT2D eigenvalue weighted by atomic mass is 9.91. The monoisotopic (exact) mass is 271 g/mol. The highest BCUT2D eigenvalue weighted by Gasteiger charge is 2.25. The molecule has 1 amide bonds. The first-order valence-electron chi connectivity index (χ1n) is 7.24. The summed E-state index contributed by atoms with van der Waals surface area (Å²) in [5.74, 6) is -0.351. The van der Waals surface area contributed by atoms with Crippen LogP contribution >= 0.6 is 0 Å². The van der Waals surface area contributed by atoms with Gasteiger partial charge in [0.15, 0.2) is 0 Å². The number of fused-ring (bicyclic) bond motifs is 1. The molecule has 0 bridgehead atoms. The van der Waals surface area contributed by atoms with Gasteiger partial charge in [0.1, 0.15) is 5.69 Å². The molecule has 4 N–H and O–H groups in total. The normalized spacial score (nSPS) is 23.1. The molecule has 4 nitrogen and oxygen atoms in total. The van der Waals surface area contributed by atoms with Crippen molar-refractivity contribution in [3.63, 3.8) is 0 Å². The van der Waals surface area contributed by atoms with E-state index < -0.39 is 0 Å². The Morgan fingerprint density at radius 1 is 1.25 bits per heavy atom. The average molecular weight is 271 g/mol. The molecule has 0 saturated heterocycles. The van der Waals surface area contributed by atoms with E-state index in [0.29, 0.717) is 17.8 Å². The number of benzene rings is 1. The summed E-state index contributed by atoms with van der Waals surface area (Å²) in [5, 5.41) is 1.09. The van der Waals surface area contributed by atoms with Gasteiger partial charge in [0, 0.05) is 17.5 Å². The van der Waals surface area contributed by atoms with Crippen molar-refractivity contribution in [3.05, 3.63) is 35.5 Å². The molecule has 0 aliphatic heterocycles. The van der Waals surface area contributed by atoms with Crippen molar-refractivity contribution in [2.45, 2.75) is 44.7 Å². The standard InChI is InChI=1S/C16H21N3O/c1-10-3-2-4-11-9-14(16(18)20)19(15(10)11)13-7-5-12(17)6-8-13/h2-4,9,12-13H,5-8,17H2,1H3,(H2,18,20). The van der Waals surface area contributed by atoms with Crippen molar-refractivity contribution in [3.8, 4) is 0 Å². The van der Waals surface area contributed by atoms with Crippen LogP contribution in [0.4, 0.5) is 0 Å². The van der Waals surface area contributed by atoms with Crippen LogP contribution < -0.4 is 11.5 Å². The molecule has 1 aliphatic carbocycles. The molecule has 0 spiro atoms. The number of nitrogens with zero attached hydrogens (tertiary/aromatic N) is 1. The first-order valence-corrected chi connectivity index (χ1v) is 7.24. The zero-order valence-corrected chi connectivity index (χ0v) is 11.8. The topological polar surface area (TPSA) is 74.0 Å². The van der Waals surface area contributed by atoms with E-state index in [1.807, 2.05) is 18.2 Å². The maximum absolute atomic E-state index is 11.8. The van der Waals surface area contributed by atoms with Gasteiger partial charge in [-0.25, -0.2) is 0 Å². The molecular formula is C16H21N3O. The number of carbonyl (C=O) groups excluding carboxylic acids is 1. The molecule has 1 aliphatic rings. The van der Waals surface area contributed by atoms with Gasteiger partial charge in [0.25, 0.3) is 5.91 Å². The van der Waals surface area contributed by atoms with Crippen molar-refractivity contribution in [2.75, 3.05) is 0 Å². The van der Waals surface area contributed by atoms with Crippen LogP contribution in [-0.2, 0) is 0 Å². The van der Waals surface area contributed by atoms with E-state index in [0.717, 1.165) is 36.6 Å². The van der Waals surface area contributed by atoms with Crippen molar-refractivity contribution in [1.29, 1.82) is 0 Å². The highest BCUT2D eigenvalue weighted by Crippen LogP contribution is 2.34. The van der Waals surface area contributed by atoms with Gasteiger partial charge in [-0.05, 0) is 44.2 Å². The molecule has 3 rings (SSSR count). The van der Waals surface area contributed by atoms with Crippen LogP contribution in [0.3, 0.4) is 0 Å². The molecule has 2 aromatic rings. The van der Waals surface area contributed by atoms with Crippen molar-refractivity contribution >= 4 is 16.8 Å². The summed E-state index contributed by atoms with van der Waals surface area (Å²) in [6.45, 7) is 2.08. The highest BCUT2D eigenvalue weighted by molar-refractivity contribution is 5.98. The Labute approximate surface area is 118 Å². The maximum Gasteiger partial charge on any atom is 0.265 e. The fourth-order valence-electron chi connectivity index (χ4n) is 3.39. The van der Waals surface area contributed by atoms with Gasteiger partial charge in [-0.2, -0.15) is 0 Å². The molecule has 1 aromatic heterocycles. The van der Waals surface area contributed by atoms with E-state index in [2.05, 4.69) is 17.6 Å². The zero-order valence-electron chi connectivity index (χ0n) is 11.8. The Kier molecular flexibility index (Phi) is 3.26. The van der Waals surface area contributed by atoms with E-state index in [9.17, 15) is 4.79 Å². The summed E-state index contributed by atoms with van der Waals surface area (Å²) in [5.41, 5.74) is 14.5. The predicted molar refractivity (Wildman–Crippen MR) is 80.7 cm³/mol. The summed E-state index contributed by atoms with van der Waals surface area (Å²) >= 11 is 0. The minimum atomic E-state index is -0.351. The summed E-state index contributed by atoms with van der Waals surface area (Å²) < 4.78 is 2.15. The smallest absolute Gasteiger partial charge is 0.265 e. The Bertz CT molecular complexity index is 651. The fourth-order valence-corrected chi connectivity index (χ4v) is 3.39. The van der Waals surface area contributed by atoms with Gasteiger partial charge in [-0.15, -0.1) is 0 Å². The van der Waals surface area contributed by atoms with Crippen molar-refractivity contribution in [2.24, 2.45) is 11.5 Å². The number of rotatable bonds is 2. The van der Waals surface area contributed by atoms with Crippen LogP contribution in [0, 0.1) is 6.92 Å². The highest BCUT2D eigenvalue weighted by atomic mass is 16.1. The number of aryl methyl sites for hydroxylation is 1. The number of hydrogen-bond acceptors (Lipinski definition) is 2. The van der Waals surface area contributed by atoms with Crippen molar-refractivity contribution in [1.82, 2.24) is 4.57 Å². The second kappa shape index (κ2) is 4.94. The number of aromatic nitrogens is 1. The Morgan fingerprint density at radius 2 is 1.95 bits per heavy atom. The van der Waals surface area contributed by atoms with Gasteiger partial charge in [-0.3, -0.25) is 4.79 Å². The Hall–Kier alpha value is -1.81. The Morgan fingerprint density at radius 3 is 2.60 bits per heavy atom. The molecule has 1 fully saturated rings. The third-order valence-electron chi connectivity index (χ3n) is 4.42. The summed E-state index contributed by atoms with van der Waals surface area (Å²) in [6.07, 6.45) is 4.04. The van der Waals surface area contributed by atoms with E-state index in [-0.39, 0.29) is 5.91 Å². The predicted octanol–water partition coefficient (Wildman–Crippen LogP) is 2.49. The SMILES string of the molecule is Cc1cccc2cc(C(N)=O)n(C3CCC(N)CC3)c12. The van der Waals surface area contributed by atoms with Crippen LogP contribution in [0.1, 0.15) is 47.8 Å². The second-order valence-electron chi connectivity index (χ2n) is 5.85. The molecular weight excluding hydrogens is 250 g/mol. The van der Waals surface area contributed by atoms with E-state index in [4.69, 9.17) is 11.5 Å². The molecule has 4 heteroatoms. The second-order valence-corrected chi connectivity index (χ2v) is 5.85. The first kappa shape index (κ1) is 13.2. The molecule has 1 aromatic carbocycles. The van der Waals surface area contributed by atoms with E-state index in [1.54, 1.807) is 0 Å². The quantitative estimate of drug-likeness (QED) is 0.880. The number of primary amides is 1. The first-order chi connectivity index (χ1) is 9.58. The van der Waals surface area contributed by atoms with Crippen molar-refractivity contribution < 1.29 is 4.79 Å². The zero-order chi connectivity index (χ0) is 14.3. The average Bonchev–Trinajstić information content (AvgIpc) is 2.81. The largest absolute Gasteiger partial charge is 0.364 e. The summed E-state index contributed by atoms with van der Waals surface area (Å²) in [6, 6.07) is 8.68. The minimum Gasteiger partial charge on any atom is -0.364 e. The summed E-state index contributed by atoms with van der Waals surface area (Å²) in [4.78, 5) is 11.8. The third kappa shape index (κ3) is 2.10. The van der Waals surface area contributed by atoms with Gasteiger partial charge in [0.05, 0.1) is 5.52 Å². The van der Waals surface area contributed by atoms with E-state index >= 15 is 0 Å². The summed E-state index contributed by atoms with van der Waals surface area (Å²) in [7, 11) is 0. The number of amides is 1. The number of para-hydroxylation sites is 1. The molecule has 0 radical (unpaired) electrons. The third-order valence-corrected chi connectivity index (χ3v) is 4.42. The molecule has 106 valence electrons. The van der Waals surface area contributed by atoms with Gasteiger partial charge >= 0.3 is 0 Å². The maximum atomic E-state index is 11.8. The van der Waals surface area contributed by atoms with Gasteiger partial charge in [-0.1, -0.05) is 18.2 Å². The molecule has 0 unspecified atom stereocenters. The van der Waals surface area contributed by atoms with Crippen LogP contribution in [0.5, 0.6) is 0 Å². The molecule has 0 atom stereocenters. The van der Waals surface area contributed by atoms with Crippen LogP contribution in [-0.4, -0.2) is 16.5 Å². The lowest BCUT2D eigenvalue weighted by Crippen LogP contribution is -2.29. The lowest BCUT2D eigenvalue weighted by molar-refractivity contribution is 0.0988. The molecule has 1 saturated carbocycles. The van der Waals surface area contributed by atoms with E-state index in [1.165, 1.54) is 5.56 Å². The van der Waals surface area contributed by atoms with Crippen LogP contribution in [0.15, 0.2) is 24.3 Å². The molecule has 20 heavy (non-hydrogen) atoms. The van der Waals surface area contributed by atoms with Gasteiger partial charge in [0.2, 0.25) is 0 Å². The number of carbonyl (C=O) groups is 1. The number of nitrogens with two attached hydrogens (primary N) is 2. The Balaban J connectivity index is 2.16. The lowest BCUT2D eigenvalue weighted by Gasteiger charge is -2.29. The van der Waals surface area contributed by atoms with Gasteiger partial charge < -0.3 is 16.0 Å². The number of hydrogen-bond donors (Lipinski definition) is 2. The molecule has 1 heterocycles. The van der Waals surface area contributed by atoms with Crippen LogP contribution in [0.25, 0.3) is 10.9 Å². The fraction of sp³-hybridized carbons (Fsp3) is 0.438. The van der Waals surface area contributed by atoms with Crippen LogP contribution in [0.2, 0.25) is 0 Å².